The van der Waals surface area contributed by atoms with Gasteiger partial charge in [0, 0.05) is 38.8 Å². The van der Waals surface area contributed by atoms with Crippen molar-refractivity contribution in [3.63, 3.8) is 0 Å². The Balaban J connectivity index is 1.52. The van der Waals surface area contributed by atoms with E-state index in [1.165, 1.54) is 38.5 Å². The fourth-order valence-electron chi connectivity index (χ4n) is 3.66. The average molecular weight is 310 g/mol. The highest BCUT2D eigenvalue weighted by molar-refractivity contribution is 5.73. The molecule has 0 spiro atoms. The largest absolute Gasteiger partial charge is 0.338 e. The molecule has 0 aromatic rings. The number of nitrogens with one attached hydrogen (secondary N) is 2. The lowest BCUT2D eigenvalue weighted by atomic mass is 9.86. The zero-order chi connectivity index (χ0) is 15.8. The van der Waals surface area contributed by atoms with E-state index in [4.69, 9.17) is 0 Å². The minimum Gasteiger partial charge on any atom is -0.338 e. The topological polar surface area (TPSA) is 47.6 Å². The van der Waals surface area contributed by atoms with Gasteiger partial charge in [-0.3, -0.25) is 4.90 Å². The van der Waals surface area contributed by atoms with Crippen LogP contribution in [0.1, 0.15) is 44.9 Å². The van der Waals surface area contributed by atoms with Gasteiger partial charge in [0.1, 0.15) is 0 Å². The van der Waals surface area contributed by atoms with Crippen molar-refractivity contribution in [3.05, 3.63) is 0 Å². The summed E-state index contributed by atoms with van der Waals surface area (Å²) < 4.78 is 0. The Labute approximate surface area is 135 Å². The van der Waals surface area contributed by atoms with Crippen LogP contribution in [0.25, 0.3) is 0 Å². The number of urea groups is 1. The summed E-state index contributed by atoms with van der Waals surface area (Å²) in [5.74, 6) is 0.907. The van der Waals surface area contributed by atoms with Crippen LogP contribution in [0.15, 0.2) is 0 Å². The van der Waals surface area contributed by atoms with Gasteiger partial charge in [0.25, 0.3) is 0 Å². The predicted octanol–water partition coefficient (Wildman–Crippen LogP) is 1.89. The minimum atomic E-state index is -0.00901. The number of nitrogens with zero attached hydrogens (tertiary/aromatic N) is 2. The molecule has 2 amide bonds. The summed E-state index contributed by atoms with van der Waals surface area (Å²) in [6.45, 7) is 4.75. The zero-order valence-corrected chi connectivity index (χ0v) is 14.4. The molecular formula is C17H34N4O. The monoisotopic (exact) mass is 310 g/mol. The summed E-state index contributed by atoms with van der Waals surface area (Å²) in [5.41, 5.74) is 0. The quantitative estimate of drug-likeness (QED) is 0.737. The maximum Gasteiger partial charge on any atom is 0.314 e. The van der Waals surface area contributed by atoms with Crippen molar-refractivity contribution in [3.8, 4) is 0 Å². The van der Waals surface area contributed by atoms with Gasteiger partial charge < -0.3 is 15.5 Å². The van der Waals surface area contributed by atoms with Gasteiger partial charge in [-0.15, -0.1) is 0 Å². The molecule has 1 unspecified atom stereocenters. The van der Waals surface area contributed by atoms with Gasteiger partial charge >= 0.3 is 6.03 Å². The van der Waals surface area contributed by atoms with Crippen molar-refractivity contribution in [2.24, 2.45) is 5.92 Å². The van der Waals surface area contributed by atoms with Crippen LogP contribution in [0.2, 0.25) is 0 Å². The molecule has 1 saturated carbocycles. The first kappa shape index (κ1) is 17.5. The molecule has 1 saturated heterocycles. The Morgan fingerprint density at radius 3 is 2.64 bits per heavy atom. The van der Waals surface area contributed by atoms with Crippen molar-refractivity contribution >= 4 is 6.03 Å². The van der Waals surface area contributed by atoms with Gasteiger partial charge in [-0.2, -0.15) is 0 Å². The molecule has 1 atom stereocenters. The van der Waals surface area contributed by atoms with E-state index in [-0.39, 0.29) is 6.03 Å². The molecule has 2 fully saturated rings. The predicted molar refractivity (Wildman–Crippen MR) is 91.1 cm³/mol. The van der Waals surface area contributed by atoms with Gasteiger partial charge in [-0.05, 0) is 32.9 Å². The third kappa shape index (κ3) is 6.13. The molecule has 2 aliphatic rings. The summed E-state index contributed by atoms with van der Waals surface area (Å²) in [7, 11) is 4.28. The van der Waals surface area contributed by atoms with Gasteiger partial charge in [-0.1, -0.05) is 32.1 Å². The fraction of sp³-hybridized carbons (Fsp3) is 0.941. The standard InChI is InChI=1S/C17H34N4O/c1-20-11-12-21(2)16(14-20)13-19-17(22)18-10-6-9-15-7-4-3-5-8-15/h15-16H,3-14H2,1-2H3,(H2,18,19,22). The molecule has 0 aromatic heterocycles. The summed E-state index contributed by atoms with van der Waals surface area (Å²) in [6, 6.07) is 0.414. The van der Waals surface area contributed by atoms with E-state index in [0.717, 1.165) is 45.1 Å². The molecule has 1 aliphatic carbocycles. The second-order valence-corrected chi connectivity index (χ2v) is 7.18. The lowest BCUT2D eigenvalue weighted by Gasteiger charge is -2.37. The Kier molecular flexibility index (Phi) is 7.46. The van der Waals surface area contributed by atoms with E-state index in [2.05, 4.69) is 34.5 Å². The number of carbonyl (C=O) groups is 1. The first-order valence-corrected chi connectivity index (χ1v) is 9.05. The molecule has 22 heavy (non-hydrogen) atoms. The van der Waals surface area contributed by atoms with Crippen LogP contribution in [0.5, 0.6) is 0 Å². The van der Waals surface area contributed by atoms with Crippen LogP contribution >= 0.6 is 0 Å². The highest BCUT2D eigenvalue weighted by atomic mass is 16.2. The van der Waals surface area contributed by atoms with E-state index >= 15 is 0 Å². The van der Waals surface area contributed by atoms with Crippen LogP contribution in [0, 0.1) is 5.92 Å². The Morgan fingerprint density at radius 1 is 1.09 bits per heavy atom. The summed E-state index contributed by atoms with van der Waals surface area (Å²) in [5, 5.41) is 6.03. The van der Waals surface area contributed by atoms with Gasteiger partial charge in [0.2, 0.25) is 0 Å². The molecule has 2 N–H and O–H groups in total. The molecule has 1 aliphatic heterocycles. The van der Waals surface area contributed by atoms with Crippen LogP contribution in [-0.4, -0.2) is 68.7 Å². The number of hydrogen-bond acceptors (Lipinski definition) is 3. The molecular weight excluding hydrogens is 276 g/mol. The average Bonchev–Trinajstić information content (AvgIpc) is 2.53. The van der Waals surface area contributed by atoms with Crippen molar-refractivity contribution in [2.45, 2.75) is 51.0 Å². The Bertz CT molecular complexity index is 331. The lowest BCUT2D eigenvalue weighted by Crippen LogP contribution is -2.55. The SMILES string of the molecule is CN1CCN(C)C(CNC(=O)NCCCC2CCCCC2)C1. The number of carbonyl (C=O) groups excluding carboxylic acids is 1. The summed E-state index contributed by atoms with van der Waals surface area (Å²) in [6.07, 6.45) is 9.41. The van der Waals surface area contributed by atoms with Crippen molar-refractivity contribution in [1.29, 1.82) is 0 Å². The first-order valence-electron chi connectivity index (χ1n) is 9.05. The molecule has 1 heterocycles. The zero-order valence-electron chi connectivity index (χ0n) is 14.4. The van der Waals surface area contributed by atoms with Crippen LogP contribution < -0.4 is 10.6 Å². The molecule has 2 rings (SSSR count). The van der Waals surface area contributed by atoms with E-state index in [1.54, 1.807) is 0 Å². The molecule has 0 radical (unpaired) electrons. The summed E-state index contributed by atoms with van der Waals surface area (Å²) >= 11 is 0. The molecule has 128 valence electrons. The third-order valence-corrected chi connectivity index (χ3v) is 5.28. The second-order valence-electron chi connectivity index (χ2n) is 7.18. The summed E-state index contributed by atoms with van der Waals surface area (Å²) in [4.78, 5) is 16.5. The van der Waals surface area contributed by atoms with Gasteiger partial charge in [0.15, 0.2) is 0 Å². The van der Waals surface area contributed by atoms with E-state index in [0.29, 0.717) is 6.04 Å². The number of likely N-dealkylation sites (N-methyl/N-ethyl adjacent to an activating group) is 2. The second kappa shape index (κ2) is 9.36. The van der Waals surface area contributed by atoms with Crippen LogP contribution in [-0.2, 0) is 0 Å². The van der Waals surface area contributed by atoms with E-state index in [1.807, 2.05) is 0 Å². The molecule has 5 heteroatoms. The maximum absolute atomic E-state index is 11.9. The molecule has 0 aromatic carbocycles. The van der Waals surface area contributed by atoms with Crippen LogP contribution in [0.3, 0.4) is 0 Å². The fourth-order valence-corrected chi connectivity index (χ4v) is 3.66. The first-order chi connectivity index (χ1) is 10.6. The number of hydrogen-bond donors (Lipinski definition) is 2. The smallest absolute Gasteiger partial charge is 0.314 e. The van der Waals surface area contributed by atoms with Crippen LogP contribution in [0.4, 0.5) is 4.79 Å². The van der Waals surface area contributed by atoms with E-state index in [9.17, 15) is 4.79 Å². The van der Waals surface area contributed by atoms with E-state index < -0.39 is 0 Å². The molecule has 0 bridgehead atoms. The van der Waals surface area contributed by atoms with Crippen molar-refractivity contribution in [1.82, 2.24) is 20.4 Å². The third-order valence-electron chi connectivity index (χ3n) is 5.28. The number of amides is 2. The highest BCUT2D eigenvalue weighted by Crippen LogP contribution is 2.26. The van der Waals surface area contributed by atoms with Crippen molar-refractivity contribution in [2.75, 3.05) is 46.8 Å². The number of rotatable bonds is 6. The Hall–Kier alpha value is -0.810. The van der Waals surface area contributed by atoms with Crippen molar-refractivity contribution < 1.29 is 4.79 Å². The van der Waals surface area contributed by atoms with Gasteiger partial charge in [-0.25, -0.2) is 4.79 Å². The molecule has 5 nitrogen and oxygen atoms in total. The Morgan fingerprint density at radius 2 is 1.86 bits per heavy atom. The normalized spacial score (nSPS) is 25.1. The van der Waals surface area contributed by atoms with Gasteiger partial charge in [0.05, 0.1) is 0 Å². The highest BCUT2D eigenvalue weighted by Gasteiger charge is 2.22. The number of piperazine rings is 1. The lowest BCUT2D eigenvalue weighted by molar-refractivity contribution is 0.114. The minimum absolute atomic E-state index is 0.00901. The maximum atomic E-state index is 11.9.